The molecule has 84 heavy (non-hydrogen) atoms. The smallest absolute Gasteiger partial charge is 0.509 e. The first kappa shape index (κ1) is 58.4. The molecule has 12 rings (SSSR count). The largest absolute Gasteiger partial charge is 2.00 e. The molecule has 0 amide bonds. The molecule has 0 saturated carbocycles. The van der Waals surface area contributed by atoms with Gasteiger partial charge < -0.3 is 9.30 Å². The average molecular weight is 1280 g/mol. The number of ether oxygens (including phenoxy) is 1. The monoisotopic (exact) mass is 1280 g/mol. The van der Waals surface area contributed by atoms with Crippen molar-refractivity contribution >= 4 is 50.6 Å². The van der Waals surface area contributed by atoms with Crippen molar-refractivity contribution in [1.82, 2.24) is 18.7 Å². The number of rotatable bonds is 8. The van der Waals surface area contributed by atoms with Crippen molar-refractivity contribution in [2.75, 3.05) is 0 Å². The normalized spacial score (nSPS) is 14.9. The molecule has 0 radical (unpaired) electrons. The number of pyridine rings is 1. The van der Waals surface area contributed by atoms with Crippen LogP contribution in [0, 0.1) is 12.1 Å². The molecular weight excluding hydrogens is 1200 g/mol. The van der Waals surface area contributed by atoms with Gasteiger partial charge in [-0.25, -0.2) is 4.98 Å². The first-order chi connectivity index (χ1) is 39.2. The Kier molecular flexibility index (Phi) is 14.6. The molecule has 6 heteroatoms. The summed E-state index contributed by atoms with van der Waals surface area (Å²) in [5.74, 6) is 2.01. The summed E-state index contributed by atoms with van der Waals surface area (Å²) in [6, 6.07) is 71.1. The van der Waals surface area contributed by atoms with Gasteiger partial charge in [-0.1, -0.05) is 230 Å². The molecule has 1 aliphatic heterocycles. The molecule has 0 N–H and O–H groups in total. The van der Waals surface area contributed by atoms with Crippen LogP contribution in [0.15, 0.2) is 170 Å². The van der Waals surface area contributed by atoms with E-state index in [4.69, 9.17) is 9.72 Å². The van der Waals surface area contributed by atoms with E-state index in [1.165, 1.54) is 50.1 Å². The Morgan fingerprint density at radius 1 is 0.500 bits per heavy atom. The summed E-state index contributed by atoms with van der Waals surface area (Å²) in [4.78, 5) is 5.44. The third kappa shape index (κ3) is 10.6. The van der Waals surface area contributed by atoms with E-state index in [1.54, 1.807) is 0 Å². The van der Waals surface area contributed by atoms with E-state index in [0.29, 0.717) is 11.5 Å². The van der Waals surface area contributed by atoms with Crippen molar-refractivity contribution in [1.29, 1.82) is 0 Å². The van der Waals surface area contributed by atoms with Crippen molar-refractivity contribution in [3.63, 3.8) is 0 Å². The molecule has 10 aromatic rings. The minimum Gasteiger partial charge on any atom is -0.509 e. The molecule has 8 aromatic carbocycles. The molecule has 2 aromatic heterocycles. The zero-order chi connectivity index (χ0) is 58.8. The Bertz CT molecular complexity index is 4280. The number of fused-ring (bicyclic) bond motifs is 5. The minimum absolute atomic E-state index is 0. The fourth-order valence-electron chi connectivity index (χ4n) is 12.7. The van der Waals surface area contributed by atoms with Crippen molar-refractivity contribution in [3.05, 3.63) is 216 Å². The van der Waals surface area contributed by atoms with Crippen LogP contribution in [0.5, 0.6) is 11.5 Å². The molecule has 0 atom stereocenters. The van der Waals surface area contributed by atoms with Gasteiger partial charge in [0.15, 0.2) is 0 Å². The summed E-state index contributed by atoms with van der Waals surface area (Å²) >= 11 is 0. The summed E-state index contributed by atoms with van der Waals surface area (Å²) < 4.78 is 13.6. The molecule has 1 aliphatic carbocycles. The van der Waals surface area contributed by atoms with E-state index < -0.39 is 0 Å². The second kappa shape index (κ2) is 21.0. The van der Waals surface area contributed by atoms with E-state index >= 15 is 0 Å². The van der Waals surface area contributed by atoms with Crippen LogP contribution in [0.3, 0.4) is 0 Å². The van der Waals surface area contributed by atoms with Crippen LogP contribution < -0.4 is 13.9 Å². The Labute approximate surface area is 514 Å². The Hall–Kier alpha value is -7.42. The van der Waals surface area contributed by atoms with Crippen LogP contribution in [-0.2, 0) is 53.6 Å². The molecule has 0 fully saturated rings. The Morgan fingerprint density at radius 3 is 1.76 bits per heavy atom. The first-order valence-electron chi connectivity index (χ1n) is 29.8. The number of aromatic nitrogens is 2. The van der Waals surface area contributed by atoms with Gasteiger partial charge >= 0.3 is 27.1 Å². The van der Waals surface area contributed by atoms with Gasteiger partial charge in [0.05, 0.1) is 11.1 Å². The molecule has 426 valence electrons. The van der Waals surface area contributed by atoms with Crippen LogP contribution in [0.25, 0.3) is 61.0 Å². The summed E-state index contributed by atoms with van der Waals surface area (Å²) in [6.07, 6.45) is 4.45. The maximum Gasteiger partial charge on any atom is 2.00 e. The van der Waals surface area contributed by atoms with Crippen molar-refractivity contribution in [3.8, 4) is 50.7 Å². The summed E-state index contributed by atoms with van der Waals surface area (Å²) in [7, 11) is 0. The molecule has 0 unspecified atom stereocenters. The van der Waals surface area contributed by atoms with E-state index in [9.17, 15) is 0 Å². The first-order valence-corrected chi connectivity index (χ1v) is 29.8. The van der Waals surface area contributed by atoms with Gasteiger partial charge in [0.2, 0.25) is 5.69 Å². The Balaban J connectivity index is 0.00000736. The van der Waals surface area contributed by atoms with E-state index in [-0.39, 0.29) is 53.6 Å². The fourth-order valence-corrected chi connectivity index (χ4v) is 12.7. The van der Waals surface area contributed by atoms with Gasteiger partial charge in [-0.05, 0) is 130 Å². The zero-order valence-corrected chi connectivity index (χ0v) is 54.4. The van der Waals surface area contributed by atoms with Crippen LogP contribution in [0.2, 0.25) is 0 Å². The predicted molar refractivity (Wildman–Crippen MR) is 350 cm³/mol. The second-order valence-corrected chi connectivity index (χ2v) is 28.9. The van der Waals surface area contributed by atoms with Gasteiger partial charge in [-0.3, -0.25) is 0 Å². The van der Waals surface area contributed by atoms with Crippen molar-refractivity contribution in [2.24, 2.45) is 0 Å². The van der Waals surface area contributed by atoms with E-state index in [2.05, 4.69) is 294 Å². The van der Waals surface area contributed by atoms with Gasteiger partial charge in [0.1, 0.15) is 11.5 Å². The van der Waals surface area contributed by atoms with Gasteiger partial charge in [-0.15, -0.1) is 23.6 Å². The number of hydrogen-bond donors (Lipinski definition) is 0. The quantitative estimate of drug-likeness (QED) is 0.112. The number of nitrogens with zero attached hydrogens (tertiary/aromatic N) is 4. The number of hydrogen-bond acceptors (Lipinski definition) is 2. The van der Waals surface area contributed by atoms with Gasteiger partial charge in [-0.2, -0.15) is 12.1 Å². The number of para-hydroxylation sites is 3. The summed E-state index contributed by atoms with van der Waals surface area (Å²) in [5.41, 5.74) is 20.7. The second-order valence-electron chi connectivity index (χ2n) is 28.9. The van der Waals surface area contributed by atoms with E-state index in [0.717, 1.165) is 79.9 Å². The summed E-state index contributed by atoms with van der Waals surface area (Å²) in [6.45, 7) is 37.3. The zero-order valence-electron chi connectivity index (χ0n) is 52.1. The molecular formula is C78H80N4OPt+2. The maximum atomic E-state index is 6.91. The van der Waals surface area contributed by atoms with Gasteiger partial charge in [0, 0.05) is 40.9 Å². The van der Waals surface area contributed by atoms with Gasteiger partial charge in [0.25, 0.3) is 11.4 Å². The molecule has 0 spiro atoms. The third-order valence-corrected chi connectivity index (χ3v) is 17.7. The van der Waals surface area contributed by atoms with Crippen LogP contribution in [-0.4, -0.2) is 15.6 Å². The van der Waals surface area contributed by atoms with Crippen LogP contribution in [0.1, 0.15) is 157 Å². The van der Waals surface area contributed by atoms with Crippen molar-refractivity contribution in [2.45, 2.75) is 156 Å². The molecule has 0 saturated heterocycles. The van der Waals surface area contributed by atoms with E-state index in [1.807, 2.05) is 18.2 Å². The Morgan fingerprint density at radius 2 is 1.10 bits per heavy atom. The fraction of sp³-hybridized carbons (Fsp3) is 0.308. The van der Waals surface area contributed by atoms with Crippen molar-refractivity contribution < 1.29 is 25.8 Å². The predicted octanol–water partition coefficient (Wildman–Crippen LogP) is 21.0. The SMILES string of the molecule is CC(C)(C)c1cc(-c2cccc(-c3ccccc3)c2[N+]2=C=[N+](c3[c-]c(Oc4[c-]c5c(cc4)c4cc(C(C)(C)C)ccc4n5-c4cc(C(C)(C)C)c(-c5cccc6c5C(C)(C)CCC6(C)C)cn4)ccc3)c3ccccc32)cc(C(C)(C)C)c1.[Pt+2]. The standard InChI is InChI=1S/C78H80N4O.Pt/c1-73(2,3)52-35-38-66-62(44-52)60-37-36-57(46-69(60)82(66)70-47-65(76(10,11)12)63(48-79-70)61-31-24-32-64-71(61)78(15,16)40-39-77(64,13)14)83-56-28-22-27-55(45-56)80-49-81(68-34-21-20-33-67(68)80)72-58(50-25-18-17-19-26-50)29-23-30-59(72)51-41-53(74(4,5)6)43-54(42-51)75(7,8)9;/h17-38,41-44,47-48H,39-40H2,1-16H3;/q;+2. The average Bonchev–Trinajstić information content (AvgIpc) is 1.37. The van der Waals surface area contributed by atoms with Crippen LogP contribution in [0.4, 0.5) is 22.7 Å². The third-order valence-electron chi connectivity index (χ3n) is 17.7. The molecule has 3 heterocycles. The minimum atomic E-state index is -0.190. The molecule has 5 nitrogen and oxygen atoms in total. The van der Waals surface area contributed by atoms with Crippen LogP contribution >= 0.6 is 0 Å². The number of benzene rings is 8. The maximum absolute atomic E-state index is 6.91. The molecule has 0 bridgehead atoms. The summed E-state index contributed by atoms with van der Waals surface area (Å²) in [5, 5.41) is 2.25. The molecule has 2 aliphatic rings. The topological polar surface area (TPSA) is 33.1 Å².